The summed E-state index contributed by atoms with van der Waals surface area (Å²) in [5.41, 5.74) is 2.15. The van der Waals surface area contributed by atoms with Gasteiger partial charge in [0, 0.05) is 30.9 Å². The summed E-state index contributed by atoms with van der Waals surface area (Å²) in [6, 6.07) is 8.23. The zero-order valence-electron chi connectivity index (χ0n) is 11.9. The first-order valence-corrected chi connectivity index (χ1v) is 7.68. The van der Waals surface area contributed by atoms with Crippen molar-refractivity contribution in [3.05, 3.63) is 24.3 Å². The summed E-state index contributed by atoms with van der Waals surface area (Å²) in [5.74, 6) is 0.958. The highest BCUT2D eigenvalue weighted by Gasteiger charge is 2.21. The minimum atomic E-state index is 0.249. The molecule has 3 rings (SSSR count). The van der Waals surface area contributed by atoms with Gasteiger partial charge in [-0.05, 0) is 56.5 Å². The van der Waals surface area contributed by atoms with E-state index in [1.807, 2.05) is 17.0 Å². The summed E-state index contributed by atoms with van der Waals surface area (Å²) in [7, 11) is 0. The third-order valence-corrected chi connectivity index (χ3v) is 4.23. The Balaban J connectivity index is 1.60. The highest BCUT2D eigenvalue weighted by Crippen LogP contribution is 2.24. The predicted molar refractivity (Wildman–Crippen MR) is 82.1 cm³/mol. The van der Waals surface area contributed by atoms with E-state index in [2.05, 4.69) is 22.8 Å². The van der Waals surface area contributed by atoms with Crippen LogP contribution in [0.15, 0.2) is 24.3 Å². The largest absolute Gasteiger partial charge is 0.385 e. The van der Waals surface area contributed by atoms with E-state index in [1.54, 1.807) is 0 Å². The first-order valence-electron chi connectivity index (χ1n) is 7.68. The molecule has 1 amide bonds. The van der Waals surface area contributed by atoms with Gasteiger partial charge in [-0.1, -0.05) is 6.07 Å². The van der Waals surface area contributed by atoms with Crippen molar-refractivity contribution >= 4 is 17.3 Å². The van der Waals surface area contributed by atoms with Gasteiger partial charge in [0.05, 0.1) is 0 Å². The lowest BCUT2D eigenvalue weighted by molar-refractivity contribution is -0.117. The van der Waals surface area contributed by atoms with E-state index in [-0.39, 0.29) is 5.91 Å². The van der Waals surface area contributed by atoms with E-state index in [0.29, 0.717) is 12.3 Å². The minimum Gasteiger partial charge on any atom is -0.385 e. The molecule has 0 aromatic heterocycles. The molecule has 2 saturated heterocycles. The van der Waals surface area contributed by atoms with E-state index in [1.165, 1.54) is 12.8 Å². The molecule has 1 aromatic rings. The molecule has 4 nitrogen and oxygen atoms in total. The number of hydrogen-bond acceptors (Lipinski definition) is 3. The molecule has 2 heterocycles. The predicted octanol–water partition coefficient (Wildman–Crippen LogP) is 2.22. The number of carbonyl (C=O) groups excluding carboxylic acids is 1. The van der Waals surface area contributed by atoms with Gasteiger partial charge >= 0.3 is 0 Å². The number of benzene rings is 1. The van der Waals surface area contributed by atoms with Gasteiger partial charge in [0.25, 0.3) is 0 Å². The van der Waals surface area contributed by atoms with Gasteiger partial charge in [0.1, 0.15) is 0 Å². The van der Waals surface area contributed by atoms with E-state index < -0.39 is 0 Å². The zero-order chi connectivity index (χ0) is 13.8. The van der Waals surface area contributed by atoms with Gasteiger partial charge in [-0.2, -0.15) is 0 Å². The molecule has 0 radical (unpaired) electrons. The Labute approximate surface area is 120 Å². The summed E-state index contributed by atoms with van der Waals surface area (Å²) in [6.45, 7) is 4.12. The number of rotatable bonds is 4. The molecule has 20 heavy (non-hydrogen) atoms. The smallest absolute Gasteiger partial charge is 0.227 e. The number of nitrogens with zero attached hydrogens (tertiary/aromatic N) is 1. The Morgan fingerprint density at radius 3 is 3.05 bits per heavy atom. The first-order chi connectivity index (χ1) is 9.83. The van der Waals surface area contributed by atoms with Crippen LogP contribution in [0.25, 0.3) is 0 Å². The summed E-state index contributed by atoms with van der Waals surface area (Å²) >= 11 is 0. The molecule has 108 valence electrons. The lowest BCUT2D eigenvalue weighted by Crippen LogP contribution is -2.33. The average Bonchev–Trinajstić information content (AvgIpc) is 2.93. The Morgan fingerprint density at radius 1 is 1.35 bits per heavy atom. The van der Waals surface area contributed by atoms with E-state index in [4.69, 9.17) is 0 Å². The number of piperidine rings is 1. The topological polar surface area (TPSA) is 44.4 Å². The van der Waals surface area contributed by atoms with Crippen LogP contribution in [-0.4, -0.2) is 32.1 Å². The maximum atomic E-state index is 11.8. The molecule has 0 saturated carbocycles. The first kappa shape index (κ1) is 13.4. The highest BCUT2D eigenvalue weighted by molar-refractivity contribution is 5.95. The molecule has 2 N–H and O–H groups in total. The van der Waals surface area contributed by atoms with Crippen LogP contribution < -0.4 is 15.5 Å². The van der Waals surface area contributed by atoms with Crippen LogP contribution in [0.3, 0.4) is 0 Å². The molecule has 0 bridgehead atoms. The normalized spacial score (nSPS) is 23.1. The van der Waals surface area contributed by atoms with Gasteiger partial charge in [0.15, 0.2) is 0 Å². The fourth-order valence-corrected chi connectivity index (χ4v) is 3.07. The van der Waals surface area contributed by atoms with Crippen LogP contribution in [0.2, 0.25) is 0 Å². The fraction of sp³-hybridized carbons (Fsp3) is 0.562. The van der Waals surface area contributed by atoms with Crippen LogP contribution in [0.5, 0.6) is 0 Å². The van der Waals surface area contributed by atoms with E-state index >= 15 is 0 Å². The van der Waals surface area contributed by atoms with E-state index in [0.717, 1.165) is 44.0 Å². The molecule has 0 spiro atoms. The van der Waals surface area contributed by atoms with Crippen molar-refractivity contribution in [3.8, 4) is 0 Å². The van der Waals surface area contributed by atoms with Gasteiger partial charge in [-0.3, -0.25) is 4.79 Å². The standard InChI is InChI=1S/C16H23N3O/c20-16-7-3-9-19(16)15-6-1-5-14(10-15)18-12-13-4-2-8-17-11-13/h1,5-6,10,13,17-18H,2-4,7-9,11-12H2. The Kier molecular flexibility index (Phi) is 4.21. The minimum absolute atomic E-state index is 0.249. The van der Waals surface area contributed by atoms with Crippen LogP contribution in [0, 0.1) is 5.92 Å². The molecule has 4 heteroatoms. The summed E-state index contributed by atoms with van der Waals surface area (Å²) < 4.78 is 0. The van der Waals surface area contributed by atoms with Crippen molar-refractivity contribution in [2.24, 2.45) is 5.92 Å². The van der Waals surface area contributed by atoms with Crippen LogP contribution >= 0.6 is 0 Å². The molecule has 2 aliphatic heterocycles. The number of amides is 1. The lowest BCUT2D eigenvalue weighted by atomic mass is 10.00. The molecular formula is C16H23N3O. The third-order valence-electron chi connectivity index (χ3n) is 4.23. The van der Waals surface area contributed by atoms with Crippen LogP contribution in [0.1, 0.15) is 25.7 Å². The highest BCUT2D eigenvalue weighted by atomic mass is 16.2. The van der Waals surface area contributed by atoms with Crippen LogP contribution in [0.4, 0.5) is 11.4 Å². The monoisotopic (exact) mass is 273 g/mol. The molecule has 1 aromatic carbocycles. The van der Waals surface area contributed by atoms with Crippen molar-refractivity contribution in [2.45, 2.75) is 25.7 Å². The lowest BCUT2D eigenvalue weighted by Gasteiger charge is -2.24. The Morgan fingerprint density at radius 2 is 2.30 bits per heavy atom. The van der Waals surface area contributed by atoms with Gasteiger partial charge < -0.3 is 15.5 Å². The van der Waals surface area contributed by atoms with Crippen molar-refractivity contribution in [1.82, 2.24) is 5.32 Å². The Bertz CT molecular complexity index is 469. The van der Waals surface area contributed by atoms with Crippen molar-refractivity contribution in [1.29, 1.82) is 0 Å². The van der Waals surface area contributed by atoms with Crippen molar-refractivity contribution < 1.29 is 4.79 Å². The maximum absolute atomic E-state index is 11.8. The second-order valence-corrected chi connectivity index (χ2v) is 5.79. The number of hydrogen-bond donors (Lipinski definition) is 2. The maximum Gasteiger partial charge on any atom is 0.227 e. The fourth-order valence-electron chi connectivity index (χ4n) is 3.07. The number of carbonyl (C=O) groups is 1. The molecule has 2 aliphatic rings. The van der Waals surface area contributed by atoms with Crippen molar-refractivity contribution in [2.75, 3.05) is 36.4 Å². The second kappa shape index (κ2) is 6.27. The number of nitrogens with one attached hydrogen (secondary N) is 2. The third kappa shape index (κ3) is 3.12. The quantitative estimate of drug-likeness (QED) is 0.884. The van der Waals surface area contributed by atoms with Gasteiger partial charge in [-0.25, -0.2) is 0 Å². The molecule has 1 unspecified atom stereocenters. The van der Waals surface area contributed by atoms with Crippen molar-refractivity contribution in [3.63, 3.8) is 0 Å². The summed E-state index contributed by atoms with van der Waals surface area (Å²) in [5, 5.41) is 6.96. The Hall–Kier alpha value is -1.55. The van der Waals surface area contributed by atoms with E-state index in [9.17, 15) is 4.79 Å². The molecule has 1 atom stereocenters. The SMILES string of the molecule is O=C1CCCN1c1cccc(NCC2CCCNC2)c1. The summed E-state index contributed by atoms with van der Waals surface area (Å²) in [4.78, 5) is 13.7. The molecule has 2 fully saturated rings. The average molecular weight is 273 g/mol. The van der Waals surface area contributed by atoms with Gasteiger partial charge in [-0.15, -0.1) is 0 Å². The second-order valence-electron chi connectivity index (χ2n) is 5.79. The van der Waals surface area contributed by atoms with Gasteiger partial charge in [0.2, 0.25) is 5.91 Å². The number of anilines is 2. The summed E-state index contributed by atoms with van der Waals surface area (Å²) in [6.07, 6.45) is 4.23. The molecule has 0 aliphatic carbocycles. The molecular weight excluding hydrogens is 250 g/mol. The van der Waals surface area contributed by atoms with Crippen LogP contribution in [-0.2, 0) is 4.79 Å². The zero-order valence-corrected chi connectivity index (χ0v) is 11.9.